The van der Waals surface area contributed by atoms with Crippen LogP contribution < -0.4 is 5.73 Å². The molecule has 1 aromatic heterocycles. The van der Waals surface area contributed by atoms with Crippen molar-refractivity contribution in [3.63, 3.8) is 0 Å². The number of nitrogens with two attached hydrogens (primary N) is 1. The number of para-hydroxylation sites is 1. The van der Waals surface area contributed by atoms with Gasteiger partial charge in [0.2, 0.25) is 0 Å². The van der Waals surface area contributed by atoms with Crippen LogP contribution in [0.2, 0.25) is 0 Å². The summed E-state index contributed by atoms with van der Waals surface area (Å²) in [6.45, 7) is 2.48. The lowest BCUT2D eigenvalue weighted by atomic mass is 10.2. The van der Waals surface area contributed by atoms with Crippen molar-refractivity contribution < 1.29 is 9.53 Å². The Morgan fingerprint density at radius 1 is 1.53 bits per heavy atom. The molecule has 2 N–H and O–H groups in total. The average Bonchev–Trinajstić information content (AvgIpc) is 2.66. The lowest BCUT2D eigenvalue weighted by Crippen LogP contribution is -2.08. The van der Waals surface area contributed by atoms with E-state index in [-0.39, 0.29) is 5.97 Å². The fraction of sp³-hybridized carbons (Fsp3) is 0.333. The van der Waals surface area contributed by atoms with Gasteiger partial charge in [0.1, 0.15) is 5.82 Å². The van der Waals surface area contributed by atoms with Gasteiger partial charge in [0, 0.05) is 7.05 Å². The maximum atomic E-state index is 11.8. The Morgan fingerprint density at radius 2 is 2.29 bits per heavy atom. The summed E-state index contributed by atoms with van der Waals surface area (Å²) < 4.78 is 6.86. The van der Waals surface area contributed by atoms with Crippen molar-refractivity contribution in [1.29, 1.82) is 0 Å². The molecule has 0 atom stereocenters. The summed E-state index contributed by atoms with van der Waals surface area (Å²) in [4.78, 5) is 16.2. The molecule has 0 aliphatic rings. The standard InChI is InChI=1S/C12H15N3O2/c1-3-17-12(16)8-5-4-6-9-11(8)15(2)10(7-13)14-9/h4-6H,3,7,13H2,1-2H3. The van der Waals surface area contributed by atoms with Gasteiger partial charge in [0.05, 0.1) is 29.7 Å². The number of aromatic nitrogens is 2. The van der Waals surface area contributed by atoms with E-state index in [0.29, 0.717) is 18.7 Å². The number of carbonyl (C=O) groups is 1. The Bertz CT molecular complexity index is 560. The molecule has 0 radical (unpaired) electrons. The first-order valence-electron chi connectivity index (χ1n) is 5.50. The molecule has 0 fully saturated rings. The van der Waals surface area contributed by atoms with E-state index in [1.165, 1.54) is 0 Å². The summed E-state index contributed by atoms with van der Waals surface area (Å²) in [5.41, 5.74) is 7.66. The van der Waals surface area contributed by atoms with Crippen LogP contribution >= 0.6 is 0 Å². The second-order valence-corrected chi connectivity index (χ2v) is 3.68. The first-order valence-corrected chi connectivity index (χ1v) is 5.50. The number of aryl methyl sites for hydroxylation is 1. The molecule has 2 rings (SSSR count). The van der Waals surface area contributed by atoms with Crippen molar-refractivity contribution in [2.45, 2.75) is 13.5 Å². The summed E-state index contributed by atoms with van der Waals surface area (Å²) in [6, 6.07) is 5.39. The van der Waals surface area contributed by atoms with E-state index in [9.17, 15) is 4.79 Å². The third-order valence-corrected chi connectivity index (χ3v) is 2.66. The predicted octanol–water partition coefficient (Wildman–Crippen LogP) is 1.21. The largest absolute Gasteiger partial charge is 0.462 e. The lowest BCUT2D eigenvalue weighted by molar-refractivity contribution is 0.0528. The topological polar surface area (TPSA) is 70.1 Å². The minimum atomic E-state index is -0.329. The molecule has 0 aliphatic carbocycles. The molecule has 1 heterocycles. The highest BCUT2D eigenvalue weighted by Gasteiger charge is 2.16. The maximum Gasteiger partial charge on any atom is 0.340 e. The van der Waals surface area contributed by atoms with Gasteiger partial charge in [-0.15, -0.1) is 0 Å². The number of esters is 1. The van der Waals surface area contributed by atoms with Crippen LogP contribution in [0, 0.1) is 0 Å². The third kappa shape index (κ3) is 1.89. The highest BCUT2D eigenvalue weighted by atomic mass is 16.5. The molecule has 0 amide bonds. The third-order valence-electron chi connectivity index (χ3n) is 2.66. The van der Waals surface area contributed by atoms with Gasteiger partial charge < -0.3 is 15.0 Å². The summed E-state index contributed by atoms with van der Waals surface area (Å²) in [5.74, 6) is 0.418. The van der Waals surface area contributed by atoms with Crippen molar-refractivity contribution in [2.24, 2.45) is 12.8 Å². The van der Waals surface area contributed by atoms with Crippen LogP contribution in [0.25, 0.3) is 11.0 Å². The van der Waals surface area contributed by atoms with Crippen LogP contribution in [0.15, 0.2) is 18.2 Å². The molecule has 0 unspecified atom stereocenters. The molecule has 5 heteroatoms. The Kier molecular flexibility index (Phi) is 3.10. The smallest absolute Gasteiger partial charge is 0.340 e. The molecule has 0 saturated heterocycles. The Hall–Kier alpha value is -1.88. The molecule has 0 bridgehead atoms. The van der Waals surface area contributed by atoms with Crippen LogP contribution in [0.4, 0.5) is 0 Å². The fourth-order valence-corrected chi connectivity index (χ4v) is 1.87. The molecule has 5 nitrogen and oxygen atoms in total. The molecular formula is C12H15N3O2. The highest BCUT2D eigenvalue weighted by molar-refractivity contribution is 6.02. The number of nitrogens with zero attached hydrogens (tertiary/aromatic N) is 2. The number of hydrogen-bond acceptors (Lipinski definition) is 4. The van der Waals surface area contributed by atoms with Gasteiger partial charge in [-0.3, -0.25) is 0 Å². The minimum Gasteiger partial charge on any atom is -0.462 e. The summed E-state index contributed by atoms with van der Waals surface area (Å²) >= 11 is 0. The Balaban J connectivity index is 2.63. The zero-order valence-corrected chi connectivity index (χ0v) is 9.93. The Morgan fingerprint density at radius 3 is 2.94 bits per heavy atom. The van der Waals surface area contributed by atoms with Crippen molar-refractivity contribution in [1.82, 2.24) is 9.55 Å². The molecule has 1 aromatic carbocycles. The molecule has 17 heavy (non-hydrogen) atoms. The SMILES string of the molecule is CCOC(=O)c1cccc2nc(CN)n(C)c12. The number of carbonyl (C=O) groups excluding carboxylic acids is 1. The molecule has 0 saturated carbocycles. The zero-order chi connectivity index (χ0) is 12.4. The predicted molar refractivity (Wildman–Crippen MR) is 64.6 cm³/mol. The monoisotopic (exact) mass is 233 g/mol. The quantitative estimate of drug-likeness (QED) is 0.809. The van der Waals surface area contributed by atoms with Gasteiger partial charge in [0.15, 0.2) is 0 Å². The van der Waals surface area contributed by atoms with Gasteiger partial charge in [0.25, 0.3) is 0 Å². The van der Waals surface area contributed by atoms with E-state index in [1.807, 2.05) is 17.7 Å². The minimum absolute atomic E-state index is 0.329. The maximum absolute atomic E-state index is 11.8. The van der Waals surface area contributed by atoms with E-state index in [4.69, 9.17) is 10.5 Å². The van der Waals surface area contributed by atoms with Crippen molar-refractivity contribution in [3.05, 3.63) is 29.6 Å². The van der Waals surface area contributed by atoms with Crippen LogP contribution in [0.1, 0.15) is 23.1 Å². The molecule has 0 spiro atoms. The van der Waals surface area contributed by atoms with Gasteiger partial charge in [-0.25, -0.2) is 9.78 Å². The normalized spacial score (nSPS) is 10.8. The number of imidazole rings is 1. The van der Waals surface area contributed by atoms with Gasteiger partial charge >= 0.3 is 5.97 Å². The fourth-order valence-electron chi connectivity index (χ4n) is 1.87. The van der Waals surface area contributed by atoms with Crippen LogP contribution in [0.3, 0.4) is 0 Å². The van der Waals surface area contributed by atoms with Crippen molar-refractivity contribution in [2.75, 3.05) is 6.61 Å². The van der Waals surface area contributed by atoms with Crippen molar-refractivity contribution in [3.8, 4) is 0 Å². The highest BCUT2D eigenvalue weighted by Crippen LogP contribution is 2.20. The number of hydrogen-bond donors (Lipinski definition) is 1. The molecule has 90 valence electrons. The molecular weight excluding hydrogens is 218 g/mol. The van der Waals surface area contributed by atoms with Crippen LogP contribution in [-0.2, 0) is 18.3 Å². The average molecular weight is 233 g/mol. The number of benzene rings is 1. The summed E-state index contributed by atoms with van der Waals surface area (Å²) in [6.07, 6.45) is 0. The lowest BCUT2D eigenvalue weighted by Gasteiger charge is -2.05. The van der Waals surface area contributed by atoms with Crippen LogP contribution in [-0.4, -0.2) is 22.1 Å². The van der Waals surface area contributed by atoms with E-state index in [1.54, 1.807) is 19.1 Å². The van der Waals surface area contributed by atoms with Gasteiger partial charge in [-0.2, -0.15) is 0 Å². The zero-order valence-electron chi connectivity index (χ0n) is 9.93. The van der Waals surface area contributed by atoms with E-state index < -0.39 is 0 Å². The van der Waals surface area contributed by atoms with E-state index in [0.717, 1.165) is 16.9 Å². The van der Waals surface area contributed by atoms with Crippen molar-refractivity contribution >= 4 is 17.0 Å². The first-order chi connectivity index (χ1) is 8.19. The summed E-state index contributed by atoms with van der Waals surface area (Å²) in [7, 11) is 1.85. The van der Waals surface area contributed by atoms with Gasteiger partial charge in [-0.1, -0.05) is 6.07 Å². The van der Waals surface area contributed by atoms with E-state index >= 15 is 0 Å². The number of ether oxygens (including phenoxy) is 1. The first kappa shape index (κ1) is 11.6. The van der Waals surface area contributed by atoms with Gasteiger partial charge in [-0.05, 0) is 19.1 Å². The number of rotatable bonds is 3. The Labute approximate surface area is 99.2 Å². The summed E-state index contributed by atoms with van der Waals surface area (Å²) in [5, 5.41) is 0. The molecule has 2 aromatic rings. The second kappa shape index (κ2) is 4.55. The van der Waals surface area contributed by atoms with E-state index in [2.05, 4.69) is 4.98 Å². The van der Waals surface area contributed by atoms with Crippen LogP contribution in [0.5, 0.6) is 0 Å². The molecule has 0 aliphatic heterocycles. The second-order valence-electron chi connectivity index (χ2n) is 3.68. The number of fused-ring (bicyclic) bond motifs is 1.